The fourth-order valence-electron chi connectivity index (χ4n) is 4.20. The van der Waals surface area contributed by atoms with Crippen molar-refractivity contribution in [3.8, 4) is 17.0 Å². The molecule has 5 nitrogen and oxygen atoms in total. The monoisotopic (exact) mass is 409 g/mol. The molecule has 0 atom stereocenters. The minimum atomic E-state index is -0.0196. The minimum Gasteiger partial charge on any atom is -0.497 e. The first kappa shape index (κ1) is 19.7. The SMILES string of the molecule is COc1cccc(-c2[nH]c(C)cc2C(=O)NCC2CCC(c3ccsn3)CC2)c1. The molecule has 1 aliphatic rings. The Morgan fingerprint density at radius 2 is 2.07 bits per heavy atom. The number of hydrogen-bond acceptors (Lipinski definition) is 4. The van der Waals surface area contributed by atoms with E-state index in [0.29, 0.717) is 17.4 Å². The Balaban J connectivity index is 1.38. The molecular formula is C23H27N3O2S. The molecule has 152 valence electrons. The highest BCUT2D eigenvalue weighted by Gasteiger charge is 2.24. The number of carbonyl (C=O) groups is 1. The molecule has 1 amide bonds. The van der Waals surface area contributed by atoms with Crippen LogP contribution in [0, 0.1) is 12.8 Å². The molecule has 2 heterocycles. The van der Waals surface area contributed by atoms with Crippen molar-refractivity contribution in [3.63, 3.8) is 0 Å². The van der Waals surface area contributed by atoms with Crippen molar-refractivity contribution < 1.29 is 9.53 Å². The van der Waals surface area contributed by atoms with E-state index in [0.717, 1.165) is 54.9 Å². The van der Waals surface area contributed by atoms with Gasteiger partial charge in [0.05, 0.1) is 24.1 Å². The molecule has 1 aliphatic carbocycles. The standard InChI is InChI=1S/C23H27N3O2S/c1-15-12-20(22(25-15)18-4-3-5-19(13-18)28-2)23(27)24-14-16-6-8-17(9-7-16)21-10-11-29-26-21/h3-5,10-13,16-17,25H,6-9,14H2,1-2H3,(H,24,27). The zero-order valence-electron chi connectivity index (χ0n) is 16.9. The van der Waals surface area contributed by atoms with Gasteiger partial charge in [0.2, 0.25) is 0 Å². The van der Waals surface area contributed by atoms with Crippen LogP contribution >= 0.6 is 11.5 Å². The zero-order valence-corrected chi connectivity index (χ0v) is 17.7. The van der Waals surface area contributed by atoms with Crippen LogP contribution in [-0.2, 0) is 0 Å². The molecular weight excluding hydrogens is 382 g/mol. The van der Waals surface area contributed by atoms with E-state index in [1.165, 1.54) is 17.2 Å². The molecule has 3 aromatic rings. The van der Waals surface area contributed by atoms with Crippen molar-refractivity contribution in [1.82, 2.24) is 14.7 Å². The van der Waals surface area contributed by atoms with Crippen molar-refractivity contribution in [3.05, 3.63) is 58.7 Å². The zero-order chi connectivity index (χ0) is 20.2. The Morgan fingerprint density at radius 3 is 2.79 bits per heavy atom. The Labute approximate surface area is 175 Å². The van der Waals surface area contributed by atoms with Gasteiger partial charge in [-0.05, 0) is 74.3 Å². The molecule has 0 saturated heterocycles. The minimum absolute atomic E-state index is 0.0196. The summed E-state index contributed by atoms with van der Waals surface area (Å²) >= 11 is 1.53. The Kier molecular flexibility index (Phi) is 6.00. The lowest BCUT2D eigenvalue weighted by atomic mass is 9.80. The first-order valence-electron chi connectivity index (χ1n) is 10.2. The number of rotatable bonds is 6. The number of nitrogens with zero attached hydrogens (tertiary/aromatic N) is 1. The van der Waals surface area contributed by atoms with Gasteiger partial charge in [-0.2, -0.15) is 4.37 Å². The third-order valence-corrected chi connectivity index (χ3v) is 6.40. The van der Waals surface area contributed by atoms with Gasteiger partial charge in [0.1, 0.15) is 5.75 Å². The summed E-state index contributed by atoms with van der Waals surface area (Å²) in [5.41, 5.74) is 4.68. The lowest BCUT2D eigenvalue weighted by molar-refractivity contribution is 0.0943. The van der Waals surface area contributed by atoms with E-state index in [-0.39, 0.29) is 5.91 Å². The lowest BCUT2D eigenvalue weighted by Crippen LogP contribution is -2.31. The summed E-state index contributed by atoms with van der Waals surface area (Å²) in [6, 6.07) is 11.8. The summed E-state index contributed by atoms with van der Waals surface area (Å²) in [7, 11) is 1.65. The second-order valence-corrected chi connectivity index (χ2v) is 8.49. The number of carbonyl (C=O) groups excluding carboxylic acids is 1. The smallest absolute Gasteiger partial charge is 0.253 e. The molecule has 0 bridgehead atoms. The van der Waals surface area contributed by atoms with Crippen LogP contribution in [0.15, 0.2) is 41.8 Å². The number of H-pyrrole nitrogens is 1. The molecule has 1 saturated carbocycles. The number of amides is 1. The number of aromatic nitrogens is 2. The van der Waals surface area contributed by atoms with Crippen LogP contribution in [0.5, 0.6) is 5.75 Å². The summed E-state index contributed by atoms with van der Waals surface area (Å²) in [6.45, 7) is 2.70. The van der Waals surface area contributed by atoms with E-state index in [1.54, 1.807) is 7.11 Å². The summed E-state index contributed by atoms with van der Waals surface area (Å²) in [4.78, 5) is 16.3. The van der Waals surface area contributed by atoms with Crippen LogP contribution in [0.1, 0.15) is 53.3 Å². The van der Waals surface area contributed by atoms with Gasteiger partial charge in [-0.3, -0.25) is 4.79 Å². The van der Waals surface area contributed by atoms with E-state index >= 15 is 0 Å². The molecule has 1 fully saturated rings. The highest BCUT2D eigenvalue weighted by molar-refractivity contribution is 7.03. The molecule has 2 aromatic heterocycles. The first-order valence-corrected chi connectivity index (χ1v) is 11.0. The molecule has 0 spiro atoms. The summed E-state index contributed by atoms with van der Waals surface area (Å²) in [6.07, 6.45) is 4.58. The van der Waals surface area contributed by atoms with Crippen LogP contribution in [0.4, 0.5) is 0 Å². The van der Waals surface area contributed by atoms with Crippen LogP contribution in [0.3, 0.4) is 0 Å². The highest BCUT2D eigenvalue weighted by Crippen LogP contribution is 2.35. The molecule has 6 heteroatoms. The number of nitrogens with one attached hydrogen (secondary N) is 2. The first-order chi connectivity index (χ1) is 14.1. The highest BCUT2D eigenvalue weighted by atomic mass is 32.1. The van der Waals surface area contributed by atoms with Gasteiger partial charge in [-0.25, -0.2) is 0 Å². The van der Waals surface area contributed by atoms with Gasteiger partial charge in [0, 0.05) is 29.1 Å². The van der Waals surface area contributed by atoms with Crippen LogP contribution in [0.25, 0.3) is 11.3 Å². The number of ether oxygens (including phenoxy) is 1. The van der Waals surface area contributed by atoms with E-state index in [2.05, 4.69) is 26.1 Å². The van der Waals surface area contributed by atoms with Crippen LogP contribution in [0.2, 0.25) is 0 Å². The average molecular weight is 410 g/mol. The fourth-order valence-corrected chi connectivity index (χ4v) is 4.79. The number of hydrogen-bond donors (Lipinski definition) is 2. The maximum Gasteiger partial charge on any atom is 0.253 e. The Bertz CT molecular complexity index is 956. The van der Waals surface area contributed by atoms with Gasteiger partial charge >= 0.3 is 0 Å². The van der Waals surface area contributed by atoms with Crippen molar-refractivity contribution >= 4 is 17.4 Å². The summed E-state index contributed by atoms with van der Waals surface area (Å²) < 4.78 is 9.82. The predicted molar refractivity (Wildman–Crippen MR) is 117 cm³/mol. The predicted octanol–water partition coefficient (Wildman–Crippen LogP) is 5.16. The van der Waals surface area contributed by atoms with Gasteiger partial charge in [-0.15, -0.1) is 0 Å². The second-order valence-electron chi connectivity index (χ2n) is 7.82. The van der Waals surface area contributed by atoms with Gasteiger partial charge in [0.25, 0.3) is 5.91 Å². The average Bonchev–Trinajstić information content (AvgIpc) is 3.42. The molecule has 0 unspecified atom stereocenters. The summed E-state index contributed by atoms with van der Waals surface area (Å²) in [5.74, 6) is 1.88. The quantitative estimate of drug-likeness (QED) is 0.591. The summed E-state index contributed by atoms with van der Waals surface area (Å²) in [5, 5.41) is 5.22. The molecule has 2 N–H and O–H groups in total. The molecule has 0 radical (unpaired) electrons. The normalized spacial score (nSPS) is 19.1. The molecule has 1 aromatic carbocycles. The Morgan fingerprint density at radius 1 is 1.24 bits per heavy atom. The van der Waals surface area contributed by atoms with Crippen molar-refractivity contribution in [2.24, 2.45) is 5.92 Å². The van der Waals surface area contributed by atoms with E-state index in [4.69, 9.17) is 4.74 Å². The Hall–Kier alpha value is -2.60. The van der Waals surface area contributed by atoms with E-state index < -0.39 is 0 Å². The van der Waals surface area contributed by atoms with Crippen LogP contribution in [-0.4, -0.2) is 28.9 Å². The third kappa shape index (κ3) is 4.53. The lowest BCUT2D eigenvalue weighted by Gasteiger charge is -2.27. The topological polar surface area (TPSA) is 67.0 Å². The van der Waals surface area contributed by atoms with E-state index in [1.807, 2.05) is 37.3 Å². The fraction of sp³-hybridized carbons (Fsp3) is 0.391. The van der Waals surface area contributed by atoms with Crippen LogP contribution < -0.4 is 10.1 Å². The third-order valence-electron chi connectivity index (χ3n) is 5.83. The van der Waals surface area contributed by atoms with E-state index in [9.17, 15) is 4.79 Å². The van der Waals surface area contributed by atoms with Crippen molar-refractivity contribution in [2.75, 3.05) is 13.7 Å². The van der Waals surface area contributed by atoms with Gasteiger partial charge < -0.3 is 15.0 Å². The van der Waals surface area contributed by atoms with Crippen molar-refractivity contribution in [1.29, 1.82) is 0 Å². The number of aryl methyl sites for hydroxylation is 1. The van der Waals surface area contributed by atoms with Gasteiger partial charge in [0.15, 0.2) is 0 Å². The largest absolute Gasteiger partial charge is 0.497 e. The molecule has 0 aliphatic heterocycles. The van der Waals surface area contributed by atoms with Crippen molar-refractivity contribution in [2.45, 2.75) is 38.5 Å². The molecule has 4 rings (SSSR count). The molecule has 29 heavy (non-hydrogen) atoms. The van der Waals surface area contributed by atoms with Gasteiger partial charge in [-0.1, -0.05) is 12.1 Å². The maximum atomic E-state index is 12.9. The second kappa shape index (κ2) is 8.82. The number of aromatic amines is 1. The number of methoxy groups -OCH3 is 1. The number of benzene rings is 1. The maximum absolute atomic E-state index is 12.9.